The van der Waals surface area contributed by atoms with Gasteiger partial charge < -0.3 is 0 Å². The van der Waals surface area contributed by atoms with Gasteiger partial charge in [-0.25, -0.2) is 9.69 Å². The van der Waals surface area contributed by atoms with Gasteiger partial charge in [0.25, 0.3) is 11.8 Å². The van der Waals surface area contributed by atoms with Crippen LogP contribution >= 0.6 is 0 Å². The number of rotatable bonds is 2. The molecule has 26 heavy (non-hydrogen) atoms. The standard InChI is InChI=1S/C21H14N2O3/c24-19-17(13-14-7-2-1-3-8-14)20(25)23(21(26)22-19)18-12-6-10-15-9-4-5-11-16(15)18/h1-13H,(H,22,24,26)/b17-13-. The minimum atomic E-state index is -0.749. The van der Waals surface area contributed by atoms with Gasteiger partial charge in [-0.3, -0.25) is 14.9 Å². The summed E-state index contributed by atoms with van der Waals surface area (Å²) in [5.74, 6) is -1.33. The molecule has 0 unspecified atom stereocenters. The van der Waals surface area contributed by atoms with Crippen molar-refractivity contribution in [2.75, 3.05) is 4.90 Å². The van der Waals surface area contributed by atoms with E-state index >= 15 is 0 Å². The van der Waals surface area contributed by atoms with Crippen LogP contribution in [0.25, 0.3) is 16.8 Å². The summed E-state index contributed by atoms with van der Waals surface area (Å²) in [5, 5.41) is 3.91. The maximum atomic E-state index is 13.0. The molecule has 4 amide bonds. The molecule has 3 aromatic carbocycles. The number of hydrogen-bond acceptors (Lipinski definition) is 3. The normalized spacial score (nSPS) is 16.2. The van der Waals surface area contributed by atoms with Crippen LogP contribution in [0.4, 0.5) is 10.5 Å². The van der Waals surface area contributed by atoms with Crippen molar-refractivity contribution in [2.24, 2.45) is 0 Å². The zero-order valence-corrected chi connectivity index (χ0v) is 13.7. The summed E-state index contributed by atoms with van der Waals surface area (Å²) in [6.07, 6.45) is 1.49. The molecule has 4 rings (SSSR count). The van der Waals surface area contributed by atoms with E-state index in [-0.39, 0.29) is 5.57 Å². The number of benzene rings is 3. The molecule has 126 valence electrons. The zero-order valence-electron chi connectivity index (χ0n) is 13.7. The highest BCUT2D eigenvalue weighted by Gasteiger charge is 2.37. The molecular formula is C21H14N2O3. The van der Waals surface area contributed by atoms with Crippen LogP contribution in [0, 0.1) is 0 Å². The minimum Gasteiger partial charge on any atom is -0.273 e. The predicted molar refractivity (Wildman–Crippen MR) is 99.4 cm³/mol. The highest BCUT2D eigenvalue weighted by molar-refractivity contribution is 6.40. The summed E-state index contributed by atoms with van der Waals surface area (Å²) in [6.45, 7) is 0. The van der Waals surface area contributed by atoms with Crippen LogP contribution < -0.4 is 10.2 Å². The average molecular weight is 342 g/mol. The number of amides is 4. The van der Waals surface area contributed by atoms with E-state index in [9.17, 15) is 14.4 Å². The van der Waals surface area contributed by atoms with Crippen molar-refractivity contribution in [1.29, 1.82) is 0 Å². The van der Waals surface area contributed by atoms with Crippen molar-refractivity contribution in [3.05, 3.63) is 83.9 Å². The third-order valence-corrected chi connectivity index (χ3v) is 4.22. The predicted octanol–water partition coefficient (Wildman–Crippen LogP) is 3.51. The molecule has 1 N–H and O–H groups in total. The Balaban J connectivity index is 1.83. The molecule has 1 aliphatic heterocycles. The van der Waals surface area contributed by atoms with Crippen molar-refractivity contribution in [1.82, 2.24) is 5.32 Å². The SMILES string of the molecule is O=C1NC(=O)N(c2cccc3ccccc23)C(=O)/C1=C\c1ccccc1. The number of urea groups is 1. The van der Waals surface area contributed by atoms with Crippen LogP contribution in [0.2, 0.25) is 0 Å². The molecule has 0 aliphatic carbocycles. The quantitative estimate of drug-likeness (QED) is 0.572. The van der Waals surface area contributed by atoms with Gasteiger partial charge in [-0.2, -0.15) is 0 Å². The molecule has 0 aromatic heterocycles. The molecule has 0 bridgehead atoms. The smallest absolute Gasteiger partial charge is 0.273 e. The second-order valence-electron chi connectivity index (χ2n) is 5.87. The molecule has 3 aromatic rings. The molecule has 0 saturated carbocycles. The number of carbonyl (C=O) groups is 3. The monoisotopic (exact) mass is 342 g/mol. The Morgan fingerprint density at radius 3 is 2.27 bits per heavy atom. The van der Waals surface area contributed by atoms with Gasteiger partial charge in [-0.05, 0) is 23.1 Å². The molecule has 5 heteroatoms. The maximum absolute atomic E-state index is 13.0. The Bertz CT molecular complexity index is 1070. The van der Waals surface area contributed by atoms with Gasteiger partial charge >= 0.3 is 6.03 Å². The summed E-state index contributed by atoms with van der Waals surface area (Å²) in [4.78, 5) is 38.6. The number of hydrogen-bond donors (Lipinski definition) is 1. The number of imide groups is 2. The van der Waals surface area contributed by atoms with Crippen LogP contribution in [0.5, 0.6) is 0 Å². The second kappa shape index (κ2) is 6.29. The lowest BCUT2D eigenvalue weighted by Gasteiger charge is -2.27. The van der Waals surface area contributed by atoms with Gasteiger partial charge in [0.05, 0.1) is 5.69 Å². The van der Waals surface area contributed by atoms with E-state index in [0.717, 1.165) is 15.7 Å². The fourth-order valence-corrected chi connectivity index (χ4v) is 3.00. The molecule has 0 radical (unpaired) electrons. The first-order chi connectivity index (χ1) is 12.6. The van der Waals surface area contributed by atoms with Crippen molar-refractivity contribution < 1.29 is 14.4 Å². The fourth-order valence-electron chi connectivity index (χ4n) is 3.00. The van der Waals surface area contributed by atoms with Gasteiger partial charge in [-0.1, -0.05) is 66.7 Å². The van der Waals surface area contributed by atoms with Crippen molar-refractivity contribution in [2.45, 2.75) is 0 Å². The van der Waals surface area contributed by atoms with Crippen molar-refractivity contribution >= 4 is 40.4 Å². The largest absolute Gasteiger partial charge is 0.335 e. The molecule has 1 heterocycles. The summed E-state index contributed by atoms with van der Waals surface area (Å²) in [7, 11) is 0. The average Bonchev–Trinajstić information content (AvgIpc) is 2.66. The van der Waals surface area contributed by atoms with E-state index in [1.54, 1.807) is 24.3 Å². The van der Waals surface area contributed by atoms with Crippen LogP contribution in [-0.2, 0) is 9.59 Å². The maximum Gasteiger partial charge on any atom is 0.335 e. The van der Waals surface area contributed by atoms with Crippen LogP contribution in [0.3, 0.4) is 0 Å². The number of nitrogens with zero attached hydrogens (tertiary/aromatic N) is 1. The van der Waals surface area contributed by atoms with E-state index in [0.29, 0.717) is 11.3 Å². The van der Waals surface area contributed by atoms with Gasteiger partial charge in [0.15, 0.2) is 0 Å². The minimum absolute atomic E-state index is 0.0799. The Hall–Kier alpha value is -3.73. The summed E-state index contributed by atoms with van der Waals surface area (Å²) >= 11 is 0. The highest BCUT2D eigenvalue weighted by Crippen LogP contribution is 2.29. The number of anilines is 1. The van der Waals surface area contributed by atoms with Gasteiger partial charge in [0.2, 0.25) is 0 Å². The first-order valence-electron chi connectivity index (χ1n) is 8.09. The summed E-state index contributed by atoms with van der Waals surface area (Å²) < 4.78 is 0. The molecule has 1 aliphatic rings. The molecular weight excluding hydrogens is 328 g/mol. The first-order valence-corrected chi connectivity index (χ1v) is 8.09. The van der Waals surface area contributed by atoms with E-state index in [1.807, 2.05) is 48.5 Å². The van der Waals surface area contributed by atoms with Crippen LogP contribution in [-0.4, -0.2) is 17.8 Å². The van der Waals surface area contributed by atoms with Gasteiger partial charge in [-0.15, -0.1) is 0 Å². The number of nitrogens with one attached hydrogen (secondary N) is 1. The lowest BCUT2D eigenvalue weighted by Crippen LogP contribution is -2.54. The van der Waals surface area contributed by atoms with Crippen molar-refractivity contribution in [3.8, 4) is 0 Å². The third kappa shape index (κ3) is 2.65. The molecule has 0 spiro atoms. The van der Waals surface area contributed by atoms with Crippen LogP contribution in [0.15, 0.2) is 78.4 Å². The summed E-state index contributed by atoms with van der Waals surface area (Å²) in [5.41, 5.74) is 1.07. The Kier molecular flexibility index (Phi) is 3.82. The number of barbiturate groups is 1. The van der Waals surface area contributed by atoms with Crippen molar-refractivity contribution in [3.63, 3.8) is 0 Å². The molecule has 0 atom stereocenters. The van der Waals surface area contributed by atoms with Crippen LogP contribution in [0.1, 0.15) is 5.56 Å². The molecule has 1 fully saturated rings. The summed E-state index contributed by atoms with van der Waals surface area (Å²) in [6, 6.07) is 21.1. The molecule has 5 nitrogen and oxygen atoms in total. The lowest BCUT2D eigenvalue weighted by atomic mass is 10.0. The first kappa shape index (κ1) is 15.8. The van der Waals surface area contributed by atoms with E-state index in [4.69, 9.17) is 0 Å². The Morgan fingerprint density at radius 2 is 1.46 bits per heavy atom. The Morgan fingerprint density at radius 1 is 0.769 bits per heavy atom. The fraction of sp³-hybridized carbons (Fsp3) is 0. The van der Waals surface area contributed by atoms with E-state index < -0.39 is 17.8 Å². The van der Waals surface area contributed by atoms with E-state index in [1.165, 1.54) is 6.08 Å². The third-order valence-electron chi connectivity index (χ3n) is 4.22. The zero-order chi connectivity index (χ0) is 18.1. The Labute approximate surface area is 149 Å². The lowest BCUT2D eigenvalue weighted by molar-refractivity contribution is -0.122. The molecule has 1 saturated heterocycles. The number of carbonyl (C=O) groups excluding carboxylic acids is 3. The topological polar surface area (TPSA) is 66.5 Å². The second-order valence-corrected chi connectivity index (χ2v) is 5.87. The highest BCUT2D eigenvalue weighted by atomic mass is 16.2. The number of fused-ring (bicyclic) bond motifs is 1. The van der Waals surface area contributed by atoms with Gasteiger partial charge in [0, 0.05) is 5.39 Å². The van der Waals surface area contributed by atoms with E-state index in [2.05, 4.69) is 5.32 Å². The van der Waals surface area contributed by atoms with Gasteiger partial charge in [0.1, 0.15) is 5.57 Å².